The van der Waals surface area contributed by atoms with Crippen LogP contribution in [0, 0.1) is 0 Å². The first-order chi connectivity index (χ1) is 36.0. The number of unbranched alkanes of at least 4 members (excludes halogenated alkanes) is 46. The Morgan fingerprint density at radius 2 is 0.712 bits per heavy atom. The number of aliphatic hydroxyl groups is 2. The molecule has 0 fully saturated rings. The molecule has 6 nitrogen and oxygen atoms in total. The molecule has 430 valence electrons. The maximum absolute atomic E-state index is 12.5. The fourth-order valence-corrected chi connectivity index (χ4v) is 10.1. The molecule has 0 radical (unpaired) electrons. The SMILES string of the molecule is CCC/C=C\C/C=C\CCCCCCCC(=O)OCCCCCCCCCCCCCCCCCCCCCCCCCCCCC(=O)NC(CO)C(O)/C=C/CCCCCCCCCCCCCCCCC. The van der Waals surface area contributed by atoms with E-state index in [0.717, 1.165) is 51.4 Å². The smallest absolute Gasteiger partial charge is 0.305 e. The Hall–Kier alpha value is -1.92. The van der Waals surface area contributed by atoms with E-state index in [4.69, 9.17) is 4.74 Å². The average molecular weight is 1030 g/mol. The molecule has 0 aliphatic carbocycles. The zero-order valence-electron chi connectivity index (χ0n) is 49.1. The first-order valence-corrected chi connectivity index (χ1v) is 32.8. The lowest BCUT2D eigenvalue weighted by atomic mass is 10.0. The number of carbonyl (C=O) groups excluding carboxylic acids is 2. The lowest BCUT2D eigenvalue weighted by Gasteiger charge is -2.20. The lowest BCUT2D eigenvalue weighted by Crippen LogP contribution is -2.45. The van der Waals surface area contributed by atoms with Gasteiger partial charge in [0.2, 0.25) is 5.91 Å². The van der Waals surface area contributed by atoms with Gasteiger partial charge < -0.3 is 20.3 Å². The summed E-state index contributed by atoms with van der Waals surface area (Å²) in [4.78, 5) is 24.5. The van der Waals surface area contributed by atoms with Crippen molar-refractivity contribution < 1.29 is 24.5 Å². The molecule has 0 saturated carbocycles. The van der Waals surface area contributed by atoms with Crippen LogP contribution in [0.1, 0.15) is 354 Å². The molecule has 0 aromatic rings. The van der Waals surface area contributed by atoms with Gasteiger partial charge in [-0.25, -0.2) is 0 Å². The Kier molecular flexibility index (Phi) is 61.0. The van der Waals surface area contributed by atoms with Gasteiger partial charge in [-0.1, -0.05) is 320 Å². The van der Waals surface area contributed by atoms with Crippen molar-refractivity contribution in [3.8, 4) is 0 Å². The van der Waals surface area contributed by atoms with Gasteiger partial charge in [0.1, 0.15) is 0 Å². The lowest BCUT2D eigenvalue weighted by molar-refractivity contribution is -0.143. The summed E-state index contributed by atoms with van der Waals surface area (Å²) in [5.41, 5.74) is 0. The standard InChI is InChI=1S/C67H127NO5/c1-3-5-7-9-11-13-15-17-18-29-32-36-39-43-47-51-55-59-65(70)64(63-69)68-66(71)60-56-52-48-44-40-37-33-30-27-25-23-21-19-20-22-24-26-28-31-34-38-42-46-50-54-58-62-73-67(72)61-57-53-49-45-41-35-16-14-12-10-8-6-4-2/h8,10,14,16,55,59,64-65,69-70H,3-7,9,11-13,15,17-54,56-58,60-63H2,1-2H3,(H,68,71)/b10-8-,16-14-,59-55+. The van der Waals surface area contributed by atoms with E-state index in [1.807, 2.05) is 6.08 Å². The molecular weight excluding hydrogens is 899 g/mol. The highest BCUT2D eigenvalue weighted by atomic mass is 16.5. The van der Waals surface area contributed by atoms with Gasteiger partial charge in [0, 0.05) is 12.8 Å². The molecule has 1 amide bonds. The van der Waals surface area contributed by atoms with Gasteiger partial charge in [-0.3, -0.25) is 9.59 Å². The molecule has 0 heterocycles. The van der Waals surface area contributed by atoms with E-state index in [9.17, 15) is 19.8 Å². The molecular formula is C67H127NO5. The number of rotatable bonds is 61. The minimum Gasteiger partial charge on any atom is -0.466 e. The molecule has 3 N–H and O–H groups in total. The summed E-state index contributed by atoms with van der Waals surface area (Å²) >= 11 is 0. The van der Waals surface area contributed by atoms with E-state index < -0.39 is 12.1 Å². The minimum absolute atomic E-state index is 0.00158. The van der Waals surface area contributed by atoms with Gasteiger partial charge in [-0.2, -0.15) is 0 Å². The number of esters is 1. The molecule has 0 aliphatic rings. The van der Waals surface area contributed by atoms with Crippen LogP contribution >= 0.6 is 0 Å². The first-order valence-electron chi connectivity index (χ1n) is 32.8. The number of hydrogen-bond donors (Lipinski definition) is 3. The van der Waals surface area contributed by atoms with Crippen molar-refractivity contribution in [3.63, 3.8) is 0 Å². The zero-order chi connectivity index (χ0) is 52.9. The summed E-state index contributed by atoms with van der Waals surface area (Å²) in [7, 11) is 0. The van der Waals surface area contributed by atoms with Crippen LogP contribution in [0.15, 0.2) is 36.5 Å². The monoisotopic (exact) mass is 1030 g/mol. The number of carbonyl (C=O) groups is 2. The Morgan fingerprint density at radius 1 is 0.384 bits per heavy atom. The molecule has 0 saturated heterocycles. The van der Waals surface area contributed by atoms with Crippen molar-refractivity contribution in [1.82, 2.24) is 5.32 Å². The van der Waals surface area contributed by atoms with Crippen molar-refractivity contribution in [2.24, 2.45) is 0 Å². The highest BCUT2D eigenvalue weighted by molar-refractivity contribution is 5.76. The molecule has 0 aromatic carbocycles. The highest BCUT2D eigenvalue weighted by Crippen LogP contribution is 2.18. The quantitative estimate of drug-likeness (QED) is 0.0320. The van der Waals surface area contributed by atoms with Gasteiger partial charge in [0.15, 0.2) is 0 Å². The predicted molar refractivity (Wildman–Crippen MR) is 319 cm³/mol. The number of ether oxygens (including phenoxy) is 1. The third-order valence-corrected chi connectivity index (χ3v) is 15.1. The second-order valence-electron chi connectivity index (χ2n) is 22.5. The van der Waals surface area contributed by atoms with Crippen LogP contribution < -0.4 is 5.32 Å². The van der Waals surface area contributed by atoms with Gasteiger partial charge in [-0.15, -0.1) is 0 Å². The number of nitrogens with one attached hydrogen (secondary N) is 1. The maximum Gasteiger partial charge on any atom is 0.305 e. The fraction of sp³-hybridized carbons (Fsp3) is 0.881. The van der Waals surface area contributed by atoms with E-state index in [-0.39, 0.29) is 18.5 Å². The van der Waals surface area contributed by atoms with Crippen LogP contribution in [-0.2, 0) is 14.3 Å². The average Bonchev–Trinajstić information content (AvgIpc) is 3.39. The third kappa shape index (κ3) is 59.2. The van der Waals surface area contributed by atoms with Gasteiger partial charge in [-0.05, 0) is 57.8 Å². The maximum atomic E-state index is 12.5. The molecule has 0 aliphatic heterocycles. The molecule has 0 spiro atoms. The van der Waals surface area contributed by atoms with Crippen molar-refractivity contribution in [1.29, 1.82) is 0 Å². The molecule has 0 aromatic heterocycles. The predicted octanol–water partition coefficient (Wildman–Crippen LogP) is 20.8. The summed E-state index contributed by atoms with van der Waals surface area (Å²) in [5.74, 6) is -0.0620. The third-order valence-electron chi connectivity index (χ3n) is 15.1. The Labute approximate surface area is 455 Å². The summed E-state index contributed by atoms with van der Waals surface area (Å²) in [6, 6.07) is -0.626. The number of amides is 1. The summed E-state index contributed by atoms with van der Waals surface area (Å²) < 4.78 is 5.47. The van der Waals surface area contributed by atoms with Crippen LogP contribution in [-0.4, -0.2) is 47.4 Å². The Balaban J connectivity index is 3.38. The number of aliphatic hydroxyl groups excluding tert-OH is 2. The van der Waals surface area contributed by atoms with E-state index >= 15 is 0 Å². The van der Waals surface area contributed by atoms with Crippen molar-refractivity contribution >= 4 is 11.9 Å². The molecule has 73 heavy (non-hydrogen) atoms. The Morgan fingerprint density at radius 3 is 1.10 bits per heavy atom. The van der Waals surface area contributed by atoms with E-state index in [0.29, 0.717) is 19.4 Å². The van der Waals surface area contributed by atoms with Crippen LogP contribution in [0.4, 0.5) is 0 Å². The van der Waals surface area contributed by atoms with Crippen molar-refractivity contribution in [2.75, 3.05) is 13.2 Å². The Bertz CT molecular complexity index is 1180. The van der Waals surface area contributed by atoms with Crippen molar-refractivity contribution in [3.05, 3.63) is 36.5 Å². The second kappa shape index (κ2) is 62.6. The molecule has 0 bridgehead atoms. The fourth-order valence-electron chi connectivity index (χ4n) is 10.1. The summed E-state index contributed by atoms with van der Waals surface area (Å²) in [6.45, 7) is 4.86. The topological polar surface area (TPSA) is 95.9 Å². The zero-order valence-corrected chi connectivity index (χ0v) is 49.1. The molecule has 2 unspecified atom stereocenters. The normalized spacial score (nSPS) is 12.8. The van der Waals surface area contributed by atoms with Crippen LogP contribution in [0.3, 0.4) is 0 Å². The van der Waals surface area contributed by atoms with E-state index in [1.165, 1.54) is 276 Å². The number of allylic oxidation sites excluding steroid dienone is 5. The van der Waals surface area contributed by atoms with Crippen LogP contribution in [0.2, 0.25) is 0 Å². The summed E-state index contributed by atoms with van der Waals surface area (Å²) in [6.07, 6.45) is 79.2. The molecule has 2 atom stereocenters. The second-order valence-corrected chi connectivity index (χ2v) is 22.5. The minimum atomic E-state index is -0.843. The summed E-state index contributed by atoms with van der Waals surface area (Å²) in [5, 5.41) is 23.2. The first kappa shape index (κ1) is 71.1. The van der Waals surface area contributed by atoms with Crippen molar-refractivity contribution in [2.45, 2.75) is 366 Å². The van der Waals surface area contributed by atoms with E-state index in [1.54, 1.807) is 6.08 Å². The highest BCUT2D eigenvalue weighted by Gasteiger charge is 2.18. The van der Waals surface area contributed by atoms with Gasteiger partial charge in [0.25, 0.3) is 0 Å². The van der Waals surface area contributed by atoms with Crippen LogP contribution in [0.5, 0.6) is 0 Å². The largest absolute Gasteiger partial charge is 0.466 e. The van der Waals surface area contributed by atoms with Gasteiger partial charge in [0.05, 0.1) is 25.4 Å². The molecule has 0 rings (SSSR count). The van der Waals surface area contributed by atoms with E-state index in [2.05, 4.69) is 43.5 Å². The van der Waals surface area contributed by atoms with Crippen LogP contribution in [0.25, 0.3) is 0 Å². The number of hydrogen-bond acceptors (Lipinski definition) is 5. The molecule has 6 heteroatoms. The van der Waals surface area contributed by atoms with Gasteiger partial charge >= 0.3 is 5.97 Å².